The Labute approximate surface area is 115 Å². The van der Waals surface area contributed by atoms with Crippen molar-refractivity contribution in [1.29, 1.82) is 0 Å². The third-order valence-corrected chi connectivity index (χ3v) is 3.28. The minimum atomic E-state index is 0.819. The topological polar surface area (TPSA) is 30.7 Å². The maximum atomic E-state index is 4.50. The van der Waals surface area contributed by atoms with Crippen molar-refractivity contribution in [3.63, 3.8) is 0 Å². The maximum absolute atomic E-state index is 4.50. The average Bonchev–Trinajstić information content (AvgIpc) is 2.78. The van der Waals surface area contributed by atoms with Crippen molar-refractivity contribution in [2.24, 2.45) is 0 Å². The summed E-state index contributed by atoms with van der Waals surface area (Å²) >= 11 is 2.30. The molecule has 0 bridgehead atoms. The molecule has 0 aliphatic carbocycles. The number of rotatable bonds is 5. The van der Waals surface area contributed by atoms with Gasteiger partial charge in [-0.15, -0.1) is 0 Å². The zero-order valence-corrected chi connectivity index (χ0v) is 12.1. The summed E-state index contributed by atoms with van der Waals surface area (Å²) in [5, 5.41) is 4.50. The van der Waals surface area contributed by atoms with Gasteiger partial charge in [-0.1, -0.05) is 31.9 Å². The molecule has 17 heavy (non-hydrogen) atoms. The lowest BCUT2D eigenvalue weighted by Crippen LogP contribution is -1.98. The molecule has 0 atom stereocenters. The predicted octanol–water partition coefficient (Wildman–Crippen LogP) is 3.74. The summed E-state index contributed by atoms with van der Waals surface area (Å²) < 4.78 is 3.15. The molecule has 0 fully saturated rings. The van der Waals surface area contributed by atoms with Gasteiger partial charge in [0.1, 0.15) is 6.33 Å². The van der Waals surface area contributed by atoms with E-state index in [-0.39, 0.29) is 0 Å². The van der Waals surface area contributed by atoms with Gasteiger partial charge in [0.25, 0.3) is 0 Å². The number of hydrogen-bond acceptors (Lipinski definition) is 2. The first-order valence-electron chi connectivity index (χ1n) is 5.95. The van der Waals surface area contributed by atoms with Crippen molar-refractivity contribution in [2.45, 2.75) is 32.7 Å². The molecular formula is C13H16IN3. The van der Waals surface area contributed by atoms with Crippen LogP contribution < -0.4 is 0 Å². The van der Waals surface area contributed by atoms with E-state index >= 15 is 0 Å². The Morgan fingerprint density at radius 3 is 2.94 bits per heavy atom. The van der Waals surface area contributed by atoms with E-state index in [0.717, 1.165) is 17.9 Å². The van der Waals surface area contributed by atoms with Crippen LogP contribution in [0.3, 0.4) is 0 Å². The molecule has 1 aromatic heterocycles. The van der Waals surface area contributed by atoms with Crippen molar-refractivity contribution in [3.05, 3.63) is 34.2 Å². The van der Waals surface area contributed by atoms with Crippen LogP contribution >= 0.6 is 22.6 Å². The Kier molecular flexibility index (Phi) is 4.53. The quantitative estimate of drug-likeness (QED) is 0.613. The molecule has 0 aliphatic heterocycles. The largest absolute Gasteiger partial charge is 0.252 e. The second-order valence-electron chi connectivity index (χ2n) is 4.05. The zero-order chi connectivity index (χ0) is 12.1. The molecule has 90 valence electrons. The van der Waals surface area contributed by atoms with Gasteiger partial charge in [0.05, 0.1) is 0 Å². The van der Waals surface area contributed by atoms with E-state index < -0.39 is 0 Å². The minimum absolute atomic E-state index is 0.819. The highest BCUT2D eigenvalue weighted by atomic mass is 127. The highest BCUT2D eigenvalue weighted by molar-refractivity contribution is 14.1. The molecule has 0 unspecified atom stereocenters. The summed E-state index contributed by atoms with van der Waals surface area (Å²) in [6, 6.07) is 8.26. The van der Waals surface area contributed by atoms with Crippen molar-refractivity contribution < 1.29 is 0 Å². The molecule has 4 heteroatoms. The van der Waals surface area contributed by atoms with Gasteiger partial charge < -0.3 is 0 Å². The van der Waals surface area contributed by atoms with Gasteiger partial charge in [0.2, 0.25) is 0 Å². The fourth-order valence-electron chi connectivity index (χ4n) is 1.69. The molecule has 0 saturated carbocycles. The van der Waals surface area contributed by atoms with Crippen molar-refractivity contribution in [1.82, 2.24) is 14.8 Å². The summed E-state index contributed by atoms with van der Waals surface area (Å²) in [4.78, 5) is 4.35. The van der Waals surface area contributed by atoms with E-state index in [1.54, 1.807) is 0 Å². The fraction of sp³-hybridized carbons (Fsp3) is 0.385. The molecule has 0 saturated heterocycles. The lowest BCUT2D eigenvalue weighted by Gasteiger charge is -1.99. The summed E-state index contributed by atoms with van der Waals surface area (Å²) in [5.74, 6) is 0.819. The van der Waals surface area contributed by atoms with Crippen LogP contribution in [0, 0.1) is 3.57 Å². The number of aryl methyl sites for hydroxylation is 1. The third kappa shape index (κ3) is 3.52. The van der Waals surface area contributed by atoms with E-state index in [4.69, 9.17) is 0 Å². The lowest BCUT2D eigenvalue weighted by molar-refractivity contribution is 0.553. The molecule has 1 heterocycles. The fourth-order valence-corrected chi connectivity index (χ4v) is 2.23. The average molecular weight is 341 g/mol. The van der Waals surface area contributed by atoms with Crippen molar-refractivity contribution in [2.75, 3.05) is 0 Å². The van der Waals surface area contributed by atoms with Gasteiger partial charge in [-0.05, 0) is 41.1 Å². The van der Waals surface area contributed by atoms with Crippen LogP contribution in [0.2, 0.25) is 0 Å². The molecule has 0 N–H and O–H groups in total. The second kappa shape index (κ2) is 6.14. The summed E-state index contributed by atoms with van der Waals surface area (Å²) in [6.45, 7) is 3.17. The van der Waals surface area contributed by atoms with Gasteiger partial charge in [0, 0.05) is 15.7 Å². The van der Waals surface area contributed by atoms with E-state index in [1.807, 2.05) is 23.1 Å². The normalized spacial score (nSPS) is 10.7. The van der Waals surface area contributed by atoms with Gasteiger partial charge >= 0.3 is 0 Å². The monoisotopic (exact) mass is 341 g/mol. The molecule has 3 nitrogen and oxygen atoms in total. The number of aromatic nitrogens is 3. The molecular weight excluding hydrogens is 325 g/mol. The second-order valence-corrected chi connectivity index (χ2v) is 5.29. The molecule has 0 spiro atoms. The zero-order valence-electron chi connectivity index (χ0n) is 9.93. The molecule has 0 amide bonds. The third-order valence-electron chi connectivity index (χ3n) is 2.61. The van der Waals surface area contributed by atoms with Gasteiger partial charge in [-0.3, -0.25) is 4.68 Å². The van der Waals surface area contributed by atoms with Gasteiger partial charge in [-0.2, -0.15) is 5.10 Å². The SMILES string of the molecule is CCCCCn1cnc(-c2cccc(I)c2)n1. The standard InChI is InChI=1S/C13H16IN3/c1-2-3-4-8-17-10-15-13(16-17)11-6-5-7-12(14)9-11/h5-7,9-10H,2-4,8H2,1H3. The molecule has 0 aliphatic rings. The van der Waals surface area contributed by atoms with E-state index in [1.165, 1.54) is 22.8 Å². The van der Waals surface area contributed by atoms with Crippen LogP contribution in [0.15, 0.2) is 30.6 Å². The highest BCUT2D eigenvalue weighted by Crippen LogP contribution is 2.17. The Morgan fingerprint density at radius 2 is 2.18 bits per heavy atom. The van der Waals surface area contributed by atoms with Crippen LogP contribution in [0.25, 0.3) is 11.4 Å². The Morgan fingerprint density at radius 1 is 1.29 bits per heavy atom. The first-order valence-corrected chi connectivity index (χ1v) is 7.03. The van der Waals surface area contributed by atoms with Crippen LogP contribution in [-0.4, -0.2) is 14.8 Å². The van der Waals surface area contributed by atoms with Crippen LogP contribution in [-0.2, 0) is 6.54 Å². The molecule has 2 aromatic rings. The van der Waals surface area contributed by atoms with Crippen LogP contribution in [0.5, 0.6) is 0 Å². The predicted molar refractivity (Wildman–Crippen MR) is 77.7 cm³/mol. The number of hydrogen-bond donors (Lipinski definition) is 0. The molecule has 1 aromatic carbocycles. The van der Waals surface area contributed by atoms with Crippen LogP contribution in [0.1, 0.15) is 26.2 Å². The number of halogens is 1. The van der Waals surface area contributed by atoms with E-state index in [0.29, 0.717) is 0 Å². The minimum Gasteiger partial charge on any atom is -0.252 e. The smallest absolute Gasteiger partial charge is 0.181 e. The van der Waals surface area contributed by atoms with Gasteiger partial charge in [-0.25, -0.2) is 4.98 Å². The Hall–Kier alpha value is -0.910. The number of benzene rings is 1. The first kappa shape index (κ1) is 12.5. The van der Waals surface area contributed by atoms with E-state index in [9.17, 15) is 0 Å². The molecule has 2 rings (SSSR count). The first-order chi connectivity index (χ1) is 8.29. The number of nitrogens with zero attached hydrogens (tertiary/aromatic N) is 3. The molecule has 0 radical (unpaired) electrons. The lowest BCUT2D eigenvalue weighted by atomic mass is 10.2. The van der Waals surface area contributed by atoms with E-state index in [2.05, 4.69) is 51.7 Å². The highest BCUT2D eigenvalue weighted by Gasteiger charge is 2.04. The number of unbranched alkanes of at least 4 members (excludes halogenated alkanes) is 2. The Balaban J connectivity index is 2.07. The summed E-state index contributed by atoms with van der Waals surface area (Å²) in [6.07, 6.45) is 5.48. The van der Waals surface area contributed by atoms with Crippen molar-refractivity contribution in [3.8, 4) is 11.4 Å². The van der Waals surface area contributed by atoms with Gasteiger partial charge in [0.15, 0.2) is 5.82 Å². The summed E-state index contributed by atoms with van der Waals surface area (Å²) in [7, 11) is 0. The van der Waals surface area contributed by atoms with Crippen molar-refractivity contribution >= 4 is 22.6 Å². The summed E-state index contributed by atoms with van der Waals surface area (Å²) in [5.41, 5.74) is 1.09. The Bertz CT molecular complexity index is 479. The maximum Gasteiger partial charge on any atom is 0.181 e. The van der Waals surface area contributed by atoms with Crippen LogP contribution in [0.4, 0.5) is 0 Å².